The Balaban J connectivity index is 1.70. The molecule has 0 heterocycles. The lowest BCUT2D eigenvalue weighted by Crippen LogP contribution is -2.29. The normalized spacial score (nSPS) is 10.3. The number of amides is 1. The summed E-state index contributed by atoms with van der Waals surface area (Å²) < 4.78 is 18.2. The van der Waals surface area contributed by atoms with Crippen LogP contribution in [0.15, 0.2) is 48.5 Å². The van der Waals surface area contributed by atoms with Crippen molar-refractivity contribution in [3.05, 3.63) is 59.9 Å². The van der Waals surface area contributed by atoms with E-state index in [9.17, 15) is 9.18 Å². The fourth-order valence-electron chi connectivity index (χ4n) is 2.03. The zero-order chi connectivity index (χ0) is 15.8. The molecule has 0 spiro atoms. The largest absolute Gasteiger partial charge is 0.497 e. The zero-order valence-electron chi connectivity index (χ0n) is 12.4. The summed E-state index contributed by atoms with van der Waals surface area (Å²) in [5.74, 6) is 0.251. The van der Waals surface area contributed by atoms with Gasteiger partial charge in [-0.3, -0.25) is 4.79 Å². The number of benzene rings is 2. The van der Waals surface area contributed by atoms with Crippen LogP contribution in [0, 0.1) is 5.82 Å². The second-order valence-corrected chi connectivity index (χ2v) is 4.84. The van der Waals surface area contributed by atoms with Crippen molar-refractivity contribution in [2.24, 2.45) is 0 Å². The Morgan fingerprint density at radius 3 is 2.77 bits per heavy atom. The number of anilines is 1. The Hall–Kier alpha value is -2.40. The molecule has 5 heteroatoms. The minimum absolute atomic E-state index is 0.181. The van der Waals surface area contributed by atoms with Gasteiger partial charge in [0.1, 0.15) is 11.6 Å². The molecule has 22 heavy (non-hydrogen) atoms. The van der Waals surface area contributed by atoms with Gasteiger partial charge in [-0.15, -0.1) is 0 Å². The molecule has 0 saturated heterocycles. The lowest BCUT2D eigenvalue weighted by Gasteiger charge is -2.07. The third kappa shape index (κ3) is 5.18. The average molecular weight is 302 g/mol. The van der Waals surface area contributed by atoms with Crippen molar-refractivity contribution in [3.63, 3.8) is 0 Å². The minimum Gasteiger partial charge on any atom is -0.497 e. The second kappa shape index (κ2) is 8.14. The lowest BCUT2D eigenvalue weighted by molar-refractivity contribution is -0.115. The first-order chi connectivity index (χ1) is 10.7. The molecule has 0 aliphatic heterocycles. The van der Waals surface area contributed by atoms with Crippen LogP contribution in [0.25, 0.3) is 0 Å². The number of methoxy groups -OCH3 is 1. The maximum Gasteiger partial charge on any atom is 0.238 e. The second-order valence-electron chi connectivity index (χ2n) is 4.84. The van der Waals surface area contributed by atoms with E-state index < -0.39 is 0 Å². The summed E-state index contributed by atoms with van der Waals surface area (Å²) in [4.78, 5) is 11.7. The van der Waals surface area contributed by atoms with Crippen LogP contribution < -0.4 is 15.4 Å². The Morgan fingerprint density at radius 1 is 1.18 bits per heavy atom. The number of carbonyl (C=O) groups is 1. The molecule has 1 amide bonds. The van der Waals surface area contributed by atoms with Gasteiger partial charge in [0.25, 0.3) is 0 Å². The highest BCUT2D eigenvalue weighted by molar-refractivity contribution is 5.92. The van der Waals surface area contributed by atoms with E-state index in [1.54, 1.807) is 19.2 Å². The lowest BCUT2D eigenvalue weighted by atomic mass is 10.1. The van der Waals surface area contributed by atoms with E-state index in [2.05, 4.69) is 10.6 Å². The molecule has 2 N–H and O–H groups in total. The molecule has 0 aliphatic carbocycles. The summed E-state index contributed by atoms with van der Waals surface area (Å²) in [6.07, 6.45) is 0.796. The number of hydrogen-bond acceptors (Lipinski definition) is 3. The van der Waals surface area contributed by atoms with E-state index >= 15 is 0 Å². The van der Waals surface area contributed by atoms with Crippen molar-refractivity contribution < 1.29 is 13.9 Å². The number of halogens is 1. The van der Waals surface area contributed by atoms with Gasteiger partial charge in [0.05, 0.1) is 13.7 Å². The summed E-state index contributed by atoms with van der Waals surface area (Å²) in [5, 5.41) is 5.70. The maximum absolute atomic E-state index is 13.0. The van der Waals surface area contributed by atoms with Crippen molar-refractivity contribution in [3.8, 4) is 5.75 Å². The number of hydrogen-bond donors (Lipinski definition) is 2. The molecule has 2 aromatic carbocycles. The molecule has 0 fully saturated rings. The van der Waals surface area contributed by atoms with Gasteiger partial charge in [-0.2, -0.15) is 0 Å². The molecule has 0 radical (unpaired) electrons. The molecule has 0 aliphatic rings. The molecule has 0 bridgehead atoms. The van der Waals surface area contributed by atoms with E-state index in [1.807, 2.05) is 24.3 Å². The monoisotopic (exact) mass is 302 g/mol. The van der Waals surface area contributed by atoms with Crippen molar-refractivity contribution in [2.75, 3.05) is 25.5 Å². The van der Waals surface area contributed by atoms with E-state index in [1.165, 1.54) is 12.1 Å². The first kappa shape index (κ1) is 16.0. The third-order valence-corrected chi connectivity index (χ3v) is 3.12. The molecule has 2 aromatic rings. The van der Waals surface area contributed by atoms with Gasteiger partial charge in [0.15, 0.2) is 0 Å². The summed E-state index contributed by atoms with van der Waals surface area (Å²) in [6.45, 7) is 0.851. The predicted octanol–water partition coefficient (Wildman–Crippen LogP) is 2.61. The van der Waals surface area contributed by atoms with Gasteiger partial charge < -0.3 is 15.4 Å². The molecule has 4 nitrogen and oxygen atoms in total. The van der Waals surface area contributed by atoms with Gasteiger partial charge >= 0.3 is 0 Å². The van der Waals surface area contributed by atoms with E-state index in [0.717, 1.165) is 17.7 Å². The van der Waals surface area contributed by atoms with Crippen molar-refractivity contribution in [2.45, 2.75) is 6.42 Å². The topological polar surface area (TPSA) is 50.4 Å². The summed E-state index contributed by atoms with van der Waals surface area (Å²) in [7, 11) is 1.63. The zero-order valence-corrected chi connectivity index (χ0v) is 12.4. The molecule has 2 rings (SSSR count). The highest BCUT2D eigenvalue weighted by atomic mass is 19.1. The van der Waals surface area contributed by atoms with Gasteiger partial charge in [-0.1, -0.05) is 18.2 Å². The van der Waals surface area contributed by atoms with Crippen LogP contribution in [-0.4, -0.2) is 26.1 Å². The third-order valence-electron chi connectivity index (χ3n) is 3.12. The highest BCUT2D eigenvalue weighted by Gasteiger charge is 2.03. The van der Waals surface area contributed by atoms with Crippen LogP contribution in [0.1, 0.15) is 5.56 Å². The summed E-state index contributed by atoms with van der Waals surface area (Å²) in [6, 6.07) is 13.6. The number of carbonyl (C=O) groups excluding carboxylic acids is 1. The Kier molecular flexibility index (Phi) is 5.91. The minimum atomic E-state index is -0.371. The molecular formula is C17H19FN2O2. The van der Waals surface area contributed by atoms with Crippen LogP contribution in [-0.2, 0) is 11.2 Å². The van der Waals surface area contributed by atoms with E-state index in [0.29, 0.717) is 12.2 Å². The number of ether oxygens (including phenoxy) is 1. The van der Waals surface area contributed by atoms with Crippen LogP contribution in [0.4, 0.5) is 10.1 Å². The summed E-state index contributed by atoms with van der Waals surface area (Å²) in [5.41, 5.74) is 1.59. The van der Waals surface area contributed by atoms with Crippen molar-refractivity contribution >= 4 is 11.6 Å². The first-order valence-corrected chi connectivity index (χ1v) is 7.06. The molecular weight excluding hydrogens is 283 g/mol. The smallest absolute Gasteiger partial charge is 0.238 e. The quantitative estimate of drug-likeness (QED) is 0.773. The Labute approximate surface area is 129 Å². The van der Waals surface area contributed by atoms with Crippen LogP contribution in [0.5, 0.6) is 5.75 Å². The van der Waals surface area contributed by atoms with Crippen LogP contribution in [0.3, 0.4) is 0 Å². The van der Waals surface area contributed by atoms with Crippen LogP contribution >= 0.6 is 0 Å². The fraction of sp³-hybridized carbons (Fsp3) is 0.235. The molecule has 0 atom stereocenters. The van der Waals surface area contributed by atoms with Gasteiger partial charge in [-0.25, -0.2) is 4.39 Å². The average Bonchev–Trinajstić information content (AvgIpc) is 2.52. The van der Waals surface area contributed by atoms with E-state index in [-0.39, 0.29) is 18.3 Å². The fourth-order valence-corrected chi connectivity index (χ4v) is 2.03. The molecule has 0 saturated carbocycles. The molecule has 0 aromatic heterocycles. The van der Waals surface area contributed by atoms with Crippen LogP contribution in [0.2, 0.25) is 0 Å². The van der Waals surface area contributed by atoms with Gasteiger partial charge in [0, 0.05) is 5.69 Å². The highest BCUT2D eigenvalue weighted by Crippen LogP contribution is 2.12. The predicted molar refractivity (Wildman–Crippen MR) is 84.6 cm³/mol. The van der Waals surface area contributed by atoms with Gasteiger partial charge in [-0.05, 0) is 48.9 Å². The van der Waals surface area contributed by atoms with Gasteiger partial charge in [0.2, 0.25) is 5.91 Å². The number of rotatable bonds is 7. The first-order valence-electron chi connectivity index (χ1n) is 7.06. The Morgan fingerprint density at radius 2 is 2.00 bits per heavy atom. The Bertz CT molecular complexity index is 632. The number of nitrogens with one attached hydrogen (secondary N) is 2. The standard InChI is InChI=1S/C17H19FN2O2/c1-22-16-7-2-4-13(10-16)8-9-19-12-17(21)20-15-6-3-5-14(18)11-15/h2-7,10-11,19H,8-9,12H2,1H3,(H,20,21). The van der Waals surface area contributed by atoms with Crippen molar-refractivity contribution in [1.29, 1.82) is 0 Å². The maximum atomic E-state index is 13.0. The SMILES string of the molecule is COc1cccc(CCNCC(=O)Nc2cccc(F)c2)c1. The van der Waals surface area contributed by atoms with Crippen molar-refractivity contribution in [1.82, 2.24) is 5.32 Å². The van der Waals surface area contributed by atoms with E-state index in [4.69, 9.17) is 4.74 Å². The summed E-state index contributed by atoms with van der Waals surface area (Å²) >= 11 is 0. The molecule has 116 valence electrons. The molecule has 0 unspecified atom stereocenters.